The van der Waals surface area contributed by atoms with Crippen LogP contribution in [0.1, 0.15) is 12.0 Å². The van der Waals surface area contributed by atoms with Crippen LogP contribution < -0.4 is 5.32 Å². The van der Waals surface area contributed by atoms with Gasteiger partial charge < -0.3 is 5.32 Å². The monoisotopic (exact) mass is 276 g/mol. The third kappa shape index (κ3) is 4.83. The predicted molar refractivity (Wildman–Crippen MR) is 65.5 cm³/mol. The van der Waals surface area contributed by atoms with Crippen LogP contribution in [0.5, 0.6) is 0 Å². The number of aryl methyl sites for hydroxylation is 1. The normalized spacial score (nSPS) is 21.2. The average Bonchev–Trinajstić information content (AvgIpc) is 2.86. The molecule has 1 atom stereocenters. The van der Waals surface area contributed by atoms with Crippen LogP contribution in [0.2, 0.25) is 0 Å². The van der Waals surface area contributed by atoms with Crippen molar-refractivity contribution in [3.05, 3.63) is 18.0 Å². The van der Waals surface area contributed by atoms with Crippen LogP contribution in [0.15, 0.2) is 12.4 Å². The second kappa shape index (κ2) is 5.92. The first kappa shape index (κ1) is 14.3. The van der Waals surface area contributed by atoms with E-state index < -0.39 is 12.7 Å². The molecule has 0 radical (unpaired) electrons. The summed E-state index contributed by atoms with van der Waals surface area (Å²) in [4.78, 5) is 1.48. The van der Waals surface area contributed by atoms with Crippen LogP contribution >= 0.6 is 0 Å². The smallest absolute Gasteiger partial charge is 0.312 e. The fraction of sp³-hybridized carbons (Fsp3) is 0.750. The van der Waals surface area contributed by atoms with E-state index in [1.54, 1.807) is 10.9 Å². The Morgan fingerprint density at radius 3 is 2.89 bits per heavy atom. The highest BCUT2D eigenvalue weighted by atomic mass is 19.4. The van der Waals surface area contributed by atoms with Gasteiger partial charge in [-0.15, -0.1) is 0 Å². The number of nitrogens with zero attached hydrogens (tertiary/aromatic N) is 3. The standard InChI is InChI=1S/C12H19F3N4/c1-18-7-11(6-17-18)5-16-4-10-2-3-19(8-10)9-12(13,14)15/h6-7,10,16H,2-5,8-9H2,1H3/t10-/m1/s1. The molecule has 0 amide bonds. The molecule has 0 unspecified atom stereocenters. The first-order chi connectivity index (χ1) is 8.92. The molecule has 1 aromatic rings. The zero-order chi connectivity index (χ0) is 13.9. The number of hydrogen-bond donors (Lipinski definition) is 1. The molecule has 1 aliphatic rings. The second-order valence-electron chi connectivity index (χ2n) is 5.16. The van der Waals surface area contributed by atoms with Crippen molar-refractivity contribution in [3.63, 3.8) is 0 Å². The number of likely N-dealkylation sites (tertiary alicyclic amines) is 1. The summed E-state index contributed by atoms with van der Waals surface area (Å²) in [5.41, 5.74) is 1.09. The SMILES string of the molecule is Cn1cc(CNC[C@H]2CCN(CC(F)(F)F)C2)cn1. The molecule has 2 heterocycles. The Morgan fingerprint density at radius 1 is 1.47 bits per heavy atom. The van der Waals surface area contributed by atoms with Gasteiger partial charge in [0.25, 0.3) is 0 Å². The Labute approximate surface area is 110 Å². The van der Waals surface area contributed by atoms with Gasteiger partial charge in [-0.05, 0) is 25.4 Å². The molecule has 4 nitrogen and oxygen atoms in total. The van der Waals surface area contributed by atoms with Crippen molar-refractivity contribution in [3.8, 4) is 0 Å². The molecule has 0 aliphatic carbocycles. The largest absolute Gasteiger partial charge is 0.401 e. The van der Waals surface area contributed by atoms with Gasteiger partial charge in [0.05, 0.1) is 12.7 Å². The minimum atomic E-state index is -4.09. The number of halogens is 3. The molecule has 0 aromatic carbocycles. The van der Waals surface area contributed by atoms with Crippen molar-refractivity contribution in [1.82, 2.24) is 20.0 Å². The van der Waals surface area contributed by atoms with Crippen LogP contribution in [0.3, 0.4) is 0 Å². The van der Waals surface area contributed by atoms with Gasteiger partial charge >= 0.3 is 6.18 Å². The molecule has 108 valence electrons. The molecule has 2 rings (SSSR count). The van der Waals surface area contributed by atoms with E-state index >= 15 is 0 Å². The van der Waals surface area contributed by atoms with Crippen molar-refractivity contribution in [2.45, 2.75) is 19.1 Å². The van der Waals surface area contributed by atoms with Crippen LogP contribution in [-0.4, -0.2) is 47.0 Å². The van der Waals surface area contributed by atoms with E-state index in [0.29, 0.717) is 25.6 Å². The minimum absolute atomic E-state index is 0.305. The summed E-state index contributed by atoms with van der Waals surface area (Å²) in [6, 6.07) is 0. The van der Waals surface area contributed by atoms with Crippen molar-refractivity contribution >= 4 is 0 Å². The molecule has 0 bridgehead atoms. The van der Waals surface area contributed by atoms with Crippen LogP contribution in [0.25, 0.3) is 0 Å². The van der Waals surface area contributed by atoms with Gasteiger partial charge in [-0.3, -0.25) is 9.58 Å². The van der Waals surface area contributed by atoms with Crippen molar-refractivity contribution in [2.75, 3.05) is 26.2 Å². The molecule has 1 aromatic heterocycles. The lowest BCUT2D eigenvalue weighted by molar-refractivity contribution is -0.143. The quantitative estimate of drug-likeness (QED) is 0.882. The number of nitrogens with one attached hydrogen (secondary N) is 1. The lowest BCUT2D eigenvalue weighted by Gasteiger charge is -2.17. The summed E-state index contributed by atoms with van der Waals surface area (Å²) in [6.07, 6.45) is 0.462. The van der Waals surface area contributed by atoms with Gasteiger partial charge in [-0.2, -0.15) is 18.3 Å². The molecule has 1 fully saturated rings. The summed E-state index contributed by atoms with van der Waals surface area (Å²) in [5, 5.41) is 7.34. The molecule has 1 saturated heterocycles. The topological polar surface area (TPSA) is 33.1 Å². The summed E-state index contributed by atoms with van der Waals surface area (Å²) >= 11 is 0. The van der Waals surface area contributed by atoms with E-state index in [1.807, 2.05) is 13.2 Å². The molecular formula is C12H19F3N4. The van der Waals surface area contributed by atoms with E-state index in [2.05, 4.69) is 10.4 Å². The van der Waals surface area contributed by atoms with Crippen molar-refractivity contribution < 1.29 is 13.2 Å². The Morgan fingerprint density at radius 2 is 2.26 bits per heavy atom. The summed E-state index contributed by atoms with van der Waals surface area (Å²) < 4.78 is 38.5. The maximum absolute atomic E-state index is 12.2. The fourth-order valence-electron chi connectivity index (χ4n) is 2.46. The van der Waals surface area contributed by atoms with Gasteiger partial charge in [0, 0.05) is 31.9 Å². The summed E-state index contributed by atoms with van der Waals surface area (Å²) in [7, 11) is 1.86. The molecule has 0 saturated carbocycles. The maximum Gasteiger partial charge on any atom is 0.401 e. The summed E-state index contributed by atoms with van der Waals surface area (Å²) in [6.45, 7) is 1.75. The predicted octanol–water partition coefficient (Wildman–Crippen LogP) is 1.39. The third-order valence-electron chi connectivity index (χ3n) is 3.29. The zero-order valence-corrected chi connectivity index (χ0v) is 11.0. The lowest BCUT2D eigenvalue weighted by Crippen LogP contribution is -2.33. The van der Waals surface area contributed by atoms with Crippen LogP contribution in [0.4, 0.5) is 13.2 Å². The number of alkyl halides is 3. The van der Waals surface area contributed by atoms with Crippen molar-refractivity contribution in [2.24, 2.45) is 13.0 Å². The van der Waals surface area contributed by atoms with Gasteiger partial charge in [0.1, 0.15) is 0 Å². The number of rotatable bonds is 5. The second-order valence-corrected chi connectivity index (χ2v) is 5.16. The van der Waals surface area contributed by atoms with Crippen LogP contribution in [-0.2, 0) is 13.6 Å². The first-order valence-corrected chi connectivity index (χ1v) is 6.40. The number of hydrogen-bond acceptors (Lipinski definition) is 3. The zero-order valence-electron chi connectivity index (χ0n) is 11.0. The highest BCUT2D eigenvalue weighted by Crippen LogP contribution is 2.22. The fourth-order valence-corrected chi connectivity index (χ4v) is 2.46. The Hall–Kier alpha value is -1.08. The molecule has 1 N–H and O–H groups in total. The summed E-state index contributed by atoms with van der Waals surface area (Å²) in [5.74, 6) is 0.305. The van der Waals surface area contributed by atoms with Gasteiger partial charge in [-0.1, -0.05) is 0 Å². The van der Waals surface area contributed by atoms with E-state index in [0.717, 1.165) is 18.5 Å². The Balaban J connectivity index is 1.65. The average molecular weight is 276 g/mol. The minimum Gasteiger partial charge on any atom is -0.312 e. The van der Waals surface area contributed by atoms with E-state index in [1.165, 1.54) is 4.90 Å². The maximum atomic E-state index is 12.2. The van der Waals surface area contributed by atoms with Crippen molar-refractivity contribution in [1.29, 1.82) is 0 Å². The lowest BCUT2D eigenvalue weighted by atomic mass is 10.1. The highest BCUT2D eigenvalue weighted by molar-refractivity contribution is 5.02. The third-order valence-corrected chi connectivity index (χ3v) is 3.29. The van der Waals surface area contributed by atoms with E-state index in [9.17, 15) is 13.2 Å². The molecule has 1 aliphatic heterocycles. The molecule has 19 heavy (non-hydrogen) atoms. The van der Waals surface area contributed by atoms with E-state index in [-0.39, 0.29) is 0 Å². The Bertz CT molecular complexity index is 402. The first-order valence-electron chi connectivity index (χ1n) is 6.40. The number of aromatic nitrogens is 2. The van der Waals surface area contributed by atoms with E-state index in [4.69, 9.17) is 0 Å². The molecule has 7 heteroatoms. The highest BCUT2D eigenvalue weighted by Gasteiger charge is 2.34. The van der Waals surface area contributed by atoms with Gasteiger partial charge in [0.2, 0.25) is 0 Å². The molecular weight excluding hydrogens is 257 g/mol. The molecule has 0 spiro atoms. The Kier molecular flexibility index (Phi) is 4.46. The van der Waals surface area contributed by atoms with Gasteiger partial charge in [0.15, 0.2) is 0 Å². The van der Waals surface area contributed by atoms with Gasteiger partial charge in [-0.25, -0.2) is 0 Å². The van der Waals surface area contributed by atoms with Crippen LogP contribution in [0, 0.1) is 5.92 Å².